The molecule has 23 heavy (non-hydrogen) atoms. The number of anilines is 1. The lowest BCUT2D eigenvalue weighted by atomic mass is 9.75. The second kappa shape index (κ2) is 4.85. The van der Waals surface area contributed by atoms with Crippen LogP contribution >= 0.6 is 22.9 Å². The molecule has 4 fully saturated rings. The van der Waals surface area contributed by atoms with Crippen LogP contribution in [0.4, 0.5) is 10.5 Å². The van der Waals surface area contributed by atoms with Crippen LogP contribution in [0.25, 0.3) is 10.1 Å². The molecule has 0 saturated carbocycles. The molecular weight excluding hydrogens is 332 g/mol. The number of benzene rings is 1. The Morgan fingerprint density at radius 3 is 2.78 bits per heavy atom. The van der Waals surface area contributed by atoms with Crippen molar-refractivity contribution >= 4 is 44.8 Å². The Hall–Kier alpha value is -1.30. The smallest absolute Gasteiger partial charge is 0.415 e. The SMILES string of the molecule is O=C1O[C@]2(CN3CCC2CC3)CN1c1ccc2sc(Cl)cc2c1. The Kier molecular flexibility index (Phi) is 2.97. The van der Waals surface area contributed by atoms with Gasteiger partial charge in [0.25, 0.3) is 0 Å². The first-order valence-electron chi connectivity index (χ1n) is 8.05. The largest absolute Gasteiger partial charge is 0.439 e. The number of rotatable bonds is 1. The maximum atomic E-state index is 12.5. The van der Waals surface area contributed by atoms with Crippen LogP contribution in [-0.2, 0) is 4.74 Å². The molecule has 6 heteroatoms. The maximum absolute atomic E-state index is 12.5. The number of thiophene rings is 1. The van der Waals surface area contributed by atoms with Crippen LogP contribution in [-0.4, -0.2) is 42.8 Å². The highest BCUT2D eigenvalue weighted by atomic mass is 35.5. The molecule has 1 aromatic heterocycles. The summed E-state index contributed by atoms with van der Waals surface area (Å²) < 4.78 is 7.85. The van der Waals surface area contributed by atoms with Gasteiger partial charge in [-0.05, 0) is 55.6 Å². The summed E-state index contributed by atoms with van der Waals surface area (Å²) in [6.07, 6.45) is 2.07. The van der Waals surface area contributed by atoms with Gasteiger partial charge in [-0.1, -0.05) is 11.6 Å². The maximum Gasteiger partial charge on any atom is 0.415 e. The first-order valence-corrected chi connectivity index (χ1v) is 9.24. The Bertz CT molecular complexity index is 799. The van der Waals surface area contributed by atoms with Crippen LogP contribution < -0.4 is 4.90 Å². The van der Waals surface area contributed by atoms with E-state index in [1.165, 1.54) is 0 Å². The van der Waals surface area contributed by atoms with Crippen molar-refractivity contribution in [3.63, 3.8) is 0 Å². The van der Waals surface area contributed by atoms with E-state index < -0.39 is 0 Å². The van der Waals surface area contributed by atoms with Gasteiger partial charge in [0.05, 0.1) is 10.9 Å². The number of hydrogen-bond acceptors (Lipinski definition) is 4. The van der Waals surface area contributed by atoms with Gasteiger partial charge in [0.2, 0.25) is 0 Å². The number of amides is 1. The fourth-order valence-electron chi connectivity index (χ4n) is 4.38. The van der Waals surface area contributed by atoms with E-state index in [-0.39, 0.29) is 11.7 Å². The number of carbonyl (C=O) groups is 1. The first-order chi connectivity index (χ1) is 11.1. The topological polar surface area (TPSA) is 32.8 Å². The third-order valence-corrected chi connectivity index (χ3v) is 6.79. The van der Waals surface area contributed by atoms with Gasteiger partial charge < -0.3 is 4.74 Å². The molecule has 5 heterocycles. The number of hydrogen-bond donors (Lipinski definition) is 0. The molecule has 4 aliphatic heterocycles. The molecule has 4 saturated heterocycles. The number of ether oxygens (including phenoxy) is 1. The van der Waals surface area contributed by atoms with Crippen LogP contribution in [0.2, 0.25) is 4.34 Å². The van der Waals surface area contributed by atoms with Gasteiger partial charge in [-0.3, -0.25) is 9.80 Å². The van der Waals surface area contributed by atoms with Crippen LogP contribution in [0.5, 0.6) is 0 Å². The van der Waals surface area contributed by atoms with Crippen molar-refractivity contribution in [1.29, 1.82) is 0 Å². The third kappa shape index (κ3) is 2.10. The Morgan fingerprint density at radius 1 is 1.22 bits per heavy atom. The summed E-state index contributed by atoms with van der Waals surface area (Å²) in [5.74, 6) is 0.501. The zero-order chi connectivity index (χ0) is 15.6. The van der Waals surface area contributed by atoms with Crippen molar-refractivity contribution in [2.24, 2.45) is 5.92 Å². The number of nitrogens with zero attached hydrogens (tertiary/aromatic N) is 2. The quantitative estimate of drug-likeness (QED) is 0.781. The highest BCUT2D eigenvalue weighted by Crippen LogP contribution is 2.43. The van der Waals surface area contributed by atoms with E-state index in [2.05, 4.69) is 4.90 Å². The number of fused-ring (bicyclic) bond motifs is 3. The molecule has 1 amide bonds. The summed E-state index contributed by atoms with van der Waals surface area (Å²) in [7, 11) is 0. The van der Waals surface area contributed by atoms with Gasteiger partial charge in [0, 0.05) is 22.8 Å². The summed E-state index contributed by atoms with van der Waals surface area (Å²) in [6, 6.07) is 8.03. The molecule has 6 rings (SSSR count). The summed E-state index contributed by atoms with van der Waals surface area (Å²) >= 11 is 7.65. The van der Waals surface area contributed by atoms with Crippen molar-refractivity contribution in [1.82, 2.24) is 4.90 Å². The van der Waals surface area contributed by atoms with E-state index in [0.717, 1.165) is 52.6 Å². The summed E-state index contributed by atoms with van der Waals surface area (Å²) in [4.78, 5) is 16.8. The second-order valence-corrected chi connectivity index (χ2v) is 8.56. The molecule has 0 aliphatic carbocycles. The fraction of sp³-hybridized carbons (Fsp3) is 0.471. The Balaban J connectivity index is 1.49. The van der Waals surface area contributed by atoms with Crippen molar-refractivity contribution in [3.8, 4) is 0 Å². The lowest BCUT2D eigenvalue weighted by Gasteiger charge is -2.49. The molecule has 1 spiro atoms. The summed E-state index contributed by atoms with van der Waals surface area (Å²) in [5, 5.41) is 1.08. The minimum absolute atomic E-state index is 0.209. The molecule has 4 aliphatic rings. The van der Waals surface area contributed by atoms with Gasteiger partial charge in [-0.25, -0.2) is 4.79 Å². The van der Waals surface area contributed by atoms with Gasteiger partial charge >= 0.3 is 6.09 Å². The minimum Gasteiger partial charge on any atom is -0.439 e. The van der Waals surface area contributed by atoms with E-state index in [1.54, 1.807) is 16.2 Å². The molecule has 2 bridgehead atoms. The normalized spacial score (nSPS) is 32.9. The van der Waals surface area contributed by atoms with Crippen molar-refractivity contribution < 1.29 is 9.53 Å². The minimum atomic E-state index is -0.311. The van der Waals surface area contributed by atoms with Crippen LogP contribution in [0.15, 0.2) is 24.3 Å². The molecule has 1 atom stereocenters. The van der Waals surface area contributed by atoms with E-state index >= 15 is 0 Å². The molecule has 120 valence electrons. The van der Waals surface area contributed by atoms with Gasteiger partial charge in [0.1, 0.15) is 5.60 Å². The molecule has 1 aromatic carbocycles. The van der Waals surface area contributed by atoms with Crippen molar-refractivity contribution in [3.05, 3.63) is 28.6 Å². The van der Waals surface area contributed by atoms with Crippen molar-refractivity contribution in [2.75, 3.05) is 31.1 Å². The van der Waals surface area contributed by atoms with Crippen LogP contribution in [0.3, 0.4) is 0 Å². The van der Waals surface area contributed by atoms with Gasteiger partial charge in [-0.2, -0.15) is 0 Å². The third-order valence-electron chi connectivity index (χ3n) is 5.54. The fourth-order valence-corrected chi connectivity index (χ4v) is 5.51. The van der Waals surface area contributed by atoms with Crippen LogP contribution in [0, 0.1) is 5.92 Å². The molecule has 0 unspecified atom stereocenters. The number of piperidine rings is 3. The lowest BCUT2D eigenvalue weighted by molar-refractivity contribution is -0.0881. The highest BCUT2D eigenvalue weighted by molar-refractivity contribution is 7.22. The molecular formula is C17H17ClN2O2S. The first kappa shape index (κ1) is 14.1. The van der Waals surface area contributed by atoms with E-state index in [4.69, 9.17) is 16.3 Å². The predicted octanol–water partition coefficient (Wildman–Crippen LogP) is 3.98. The van der Waals surface area contributed by atoms with E-state index in [0.29, 0.717) is 12.5 Å². The lowest BCUT2D eigenvalue weighted by Crippen LogP contribution is -2.61. The average molecular weight is 349 g/mol. The highest BCUT2D eigenvalue weighted by Gasteiger charge is 2.55. The Morgan fingerprint density at radius 2 is 2.04 bits per heavy atom. The zero-order valence-electron chi connectivity index (χ0n) is 12.6. The van der Waals surface area contributed by atoms with Gasteiger partial charge in [-0.15, -0.1) is 11.3 Å². The molecule has 4 nitrogen and oxygen atoms in total. The van der Waals surface area contributed by atoms with Crippen molar-refractivity contribution in [2.45, 2.75) is 18.4 Å². The van der Waals surface area contributed by atoms with Crippen LogP contribution in [0.1, 0.15) is 12.8 Å². The number of halogens is 1. The standard InChI is InChI=1S/C17H17ClN2O2S/c18-15-8-11-7-13(1-2-14(11)23-15)20-10-17(22-16(20)21)9-19-5-3-12(17)4-6-19/h1-2,7-8,12H,3-6,9-10H2/t17-/m1/s1. The summed E-state index contributed by atoms with van der Waals surface area (Å²) in [5.41, 5.74) is 0.597. The number of carbonyl (C=O) groups excluding carboxylic acids is 1. The monoisotopic (exact) mass is 348 g/mol. The van der Waals surface area contributed by atoms with Gasteiger partial charge in [0.15, 0.2) is 0 Å². The molecule has 2 aromatic rings. The zero-order valence-corrected chi connectivity index (χ0v) is 14.2. The summed E-state index contributed by atoms with van der Waals surface area (Å²) in [6.45, 7) is 3.83. The molecule has 0 radical (unpaired) electrons. The Labute approximate surface area is 143 Å². The predicted molar refractivity (Wildman–Crippen MR) is 92.6 cm³/mol. The second-order valence-electron chi connectivity index (χ2n) is 6.84. The van der Waals surface area contributed by atoms with E-state index in [9.17, 15) is 4.79 Å². The van der Waals surface area contributed by atoms with E-state index in [1.807, 2.05) is 24.3 Å². The molecule has 0 N–H and O–H groups in total. The average Bonchev–Trinajstić information content (AvgIpc) is 3.07.